The van der Waals surface area contributed by atoms with Crippen LogP contribution in [0.25, 0.3) is 0 Å². The molecular formula is C7H5NO3. The van der Waals surface area contributed by atoms with Gasteiger partial charge in [0.1, 0.15) is 12.0 Å². The van der Waals surface area contributed by atoms with Crippen molar-refractivity contribution in [2.75, 3.05) is 0 Å². The largest absolute Gasteiger partial charge is 0.391 e. The molecule has 3 aliphatic rings. The lowest BCUT2D eigenvalue weighted by atomic mass is 9.78. The third-order valence-electron chi connectivity index (χ3n) is 2.54. The molecule has 2 saturated heterocycles. The van der Waals surface area contributed by atoms with E-state index < -0.39 is 0 Å². The number of carbonyl (C=O) groups excluding carboxylic acids is 2. The molecule has 0 aromatic heterocycles. The minimum atomic E-state index is -0.388. The molecule has 3 rings (SSSR count). The first-order chi connectivity index (χ1) is 5.29. The summed E-state index contributed by atoms with van der Waals surface area (Å²) in [4.78, 5) is 23.7. The topological polar surface area (TPSA) is 46.6 Å². The molecule has 3 heterocycles. The maximum Gasteiger partial charge on any atom is 0.337 e. The number of cyclic esters (lactones) is 2. The SMILES string of the molecule is O=C1OC(=O)C2C1C1C=CN12. The number of esters is 2. The second-order valence-corrected chi connectivity index (χ2v) is 2.99. The first-order valence-corrected chi connectivity index (χ1v) is 3.50. The maximum absolute atomic E-state index is 10.9. The molecule has 2 fully saturated rings. The molecule has 0 radical (unpaired) electrons. The van der Waals surface area contributed by atoms with Crippen molar-refractivity contribution in [3.8, 4) is 0 Å². The standard InChI is InChI=1S/C7H5NO3/c9-6-4-3-1-2-8(3)5(4)7(10)11-6/h1-5H. The van der Waals surface area contributed by atoms with Crippen molar-refractivity contribution >= 4 is 11.9 Å². The number of ether oxygens (including phenoxy) is 1. The summed E-state index contributed by atoms with van der Waals surface area (Å²) in [6.07, 6.45) is 3.74. The summed E-state index contributed by atoms with van der Waals surface area (Å²) in [6.45, 7) is 0. The number of fused-ring (bicyclic) bond motifs is 4. The van der Waals surface area contributed by atoms with Crippen LogP contribution in [0, 0.1) is 5.92 Å². The van der Waals surface area contributed by atoms with E-state index in [9.17, 15) is 9.59 Å². The molecular weight excluding hydrogens is 146 g/mol. The van der Waals surface area contributed by atoms with Crippen molar-refractivity contribution < 1.29 is 14.3 Å². The number of carbonyl (C=O) groups is 2. The van der Waals surface area contributed by atoms with E-state index in [1.165, 1.54) is 0 Å². The highest BCUT2D eigenvalue weighted by Gasteiger charge is 2.63. The van der Waals surface area contributed by atoms with Gasteiger partial charge in [0.2, 0.25) is 0 Å². The van der Waals surface area contributed by atoms with Gasteiger partial charge in [-0.1, -0.05) is 0 Å². The van der Waals surface area contributed by atoms with Gasteiger partial charge < -0.3 is 9.64 Å². The molecule has 0 aromatic carbocycles. The Bertz CT molecular complexity index is 268. The molecule has 3 unspecified atom stereocenters. The summed E-state index contributed by atoms with van der Waals surface area (Å²) in [5, 5.41) is 0. The molecule has 0 N–H and O–H groups in total. The van der Waals surface area contributed by atoms with E-state index >= 15 is 0 Å². The van der Waals surface area contributed by atoms with Crippen molar-refractivity contribution in [2.24, 2.45) is 5.92 Å². The summed E-state index contributed by atoms with van der Waals surface area (Å²) >= 11 is 0. The van der Waals surface area contributed by atoms with Crippen LogP contribution in [-0.4, -0.2) is 28.9 Å². The fourth-order valence-corrected chi connectivity index (χ4v) is 1.90. The highest BCUT2D eigenvalue weighted by Crippen LogP contribution is 2.44. The average Bonchev–Trinajstić information content (AvgIpc) is 2.11. The second-order valence-electron chi connectivity index (χ2n) is 2.99. The fraction of sp³-hybridized carbons (Fsp3) is 0.429. The van der Waals surface area contributed by atoms with Gasteiger partial charge in [-0.15, -0.1) is 0 Å². The van der Waals surface area contributed by atoms with Gasteiger partial charge in [0.05, 0.1) is 6.04 Å². The molecule has 0 aliphatic carbocycles. The highest BCUT2D eigenvalue weighted by atomic mass is 16.6. The van der Waals surface area contributed by atoms with Crippen LogP contribution in [0.4, 0.5) is 0 Å². The number of rotatable bonds is 0. The molecule has 4 nitrogen and oxygen atoms in total. The predicted molar refractivity (Wildman–Crippen MR) is 33.1 cm³/mol. The van der Waals surface area contributed by atoms with Crippen molar-refractivity contribution in [3.05, 3.63) is 12.3 Å². The summed E-state index contributed by atoms with van der Waals surface area (Å²) in [6, 6.07) is -0.142. The smallest absolute Gasteiger partial charge is 0.337 e. The van der Waals surface area contributed by atoms with Crippen LogP contribution in [-0.2, 0) is 14.3 Å². The van der Waals surface area contributed by atoms with Gasteiger partial charge in [0.25, 0.3) is 0 Å². The molecule has 56 valence electrons. The van der Waals surface area contributed by atoms with Crippen molar-refractivity contribution in [3.63, 3.8) is 0 Å². The molecule has 3 atom stereocenters. The van der Waals surface area contributed by atoms with Crippen LogP contribution in [0.2, 0.25) is 0 Å². The number of nitrogens with zero attached hydrogens (tertiary/aromatic N) is 1. The minimum absolute atomic E-state index is 0.152. The normalized spacial score (nSPS) is 44.0. The second kappa shape index (κ2) is 1.32. The van der Waals surface area contributed by atoms with Crippen LogP contribution < -0.4 is 0 Å². The molecule has 0 spiro atoms. The van der Waals surface area contributed by atoms with Crippen LogP contribution in [0.5, 0.6) is 0 Å². The van der Waals surface area contributed by atoms with E-state index in [1.807, 2.05) is 17.2 Å². The third kappa shape index (κ3) is 0.386. The van der Waals surface area contributed by atoms with Gasteiger partial charge in [-0.3, -0.25) is 4.79 Å². The summed E-state index contributed by atoms with van der Waals surface area (Å²) in [7, 11) is 0. The van der Waals surface area contributed by atoms with E-state index in [1.54, 1.807) is 0 Å². The summed E-state index contributed by atoms with van der Waals surface area (Å²) < 4.78 is 4.47. The Hall–Kier alpha value is -1.32. The quantitative estimate of drug-likeness (QED) is 0.338. The molecule has 0 saturated carbocycles. The van der Waals surface area contributed by atoms with Crippen molar-refractivity contribution in [2.45, 2.75) is 12.1 Å². The molecule has 3 aliphatic heterocycles. The lowest BCUT2D eigenvalue weighted by Crippen LogP contribution is -2.65. The number of hydrogen-bond donors (Lipinski definition) is 0. The Balaban J connectivity index is 2.03. The Labute approximate surface area is 62.4 Å². The fourth-order valence-electron chi connectivity index (χ4n) is 1.90. The van der Waals surface area contributed by atoms with Crippen LogP contribution in [0.1, 0.15) is 0 Å². The van der Waals surface area contributed by atoms with Crippen molar-refractivity contribution in [1.82, 2.24) is 4.90 Å². The van der Waals surface area contributed by atoms with Gasteiger partial charge in [-0.25, -0.2) is 4.79 Å². The molecule has 0 aromatic rings. The first-order valence-electron chi connectivity index (χ1n) is 3.50. The van der Waals surface area contributed by atoms with Crippen LogP contribution >= 0.6 is 0 Å². The van der Waals surface area contributed by atoms with Gasteiger partial charge in [0.15, 0.2) is 0 Å². The monoisotopic (exact) mass is 151 g/mol. The Morgan fingerprint density at radius 1 is 1.36 bits per heavy atom. The third-order valence-corrected chi connectivity index (χ3v) is 2.54. The highest BCUT2D eigenvalue weighted by molar-refractivity contribution is 6.01. The van der Waals surface area contributed by atoms with E-state index in [0.29, 0.717) is 0 Å². The molecule has 4 heteroatoms. The zero-order chi connectivity index (χ0) is 7.59. The molecule has 0 bridgehead atoms. The van der Waals surface area contributed by atoms with E-state index in [0.717, 1.165) is 0 Å². The van der Waals surface area contributed by atoms with Gasteiger partial charge in [0, 0.05) is 0 Å². The Kier molecular flexibility index (Phi) is 0.642. The van der Waals surface area contributed by atoms with Gasteiger partial charge >= 0.3 is 11.9 Å². The minimum Gasteiger partial charge on any atom is -0.391 e. The van der Waals surface area contributed by atoms with E-state index in [-0.39, 0.29) is 29.9 Å². The predicted octanol–water partition coefficient (Wildman–Crippen LogP) is -0.734. The maximum atomic E-state index is 10.9. The van der Waals surface area contributed by atoms with Crippen molar-refractivity contribution in [1.29, 1.82) is 0 Å². The number of hydrogen-bond acceptors (Lipinski definition) is 4. The van der Waals surface area contributed by atoms with E-state index in [4.69, 9.17) is 0 Å². The summed E-state index contributed by atoms with van der Waals surface area (Å²) in [5.74, 6) is -0.946. The lowest BCUT2D eigenvalue weighted by molar-refractivity contribution is -0.152. The Morgan fingerprint density at radius 2 is 2.18 bits per heavy atom. The molecule has 0 amide bonds. The van der Waals surface area contributed by atoms with Crippen LogP contribution in [0.15, 0.2) is 12.3 Å². The Morgan fingerprint density at radius 3 is 2.73 bits per heavy atom. The van der Waals surface area contributed by atoms with E-state index in [2.05, 4.69) is 4.74 Å². The first kappa shape index (κ1) is 5.35. The van der Waals surface area contributed by atoms with Gasteiger partial charge in [-0.05, 0) is 12.3 Å². The zero-order valence-electron chi connectivity index (χ0n) is 5.56. The van der Waals surface area contributed by atoms with Gasteiger partial charge in [-0.2, -0.15) is 0 Å². The van der Waals surface area contributed by atoms with Crippen LogP contribution in [0.3, 0.4) is 0 Å². The lowest BCUT2D eigenvalue weighted by Gasteiger charge is -2.51. The summed E-state index contributed by atoms with van der Waals surface area (Å²) in [5.41, 5.74) is 0. The molecule has 11 heavy (non-hydrogen) atoms. The average molecular weight is 151 g/mol. The zero-order valence-corrected chi connectivity index (χ0v) is 5.56.